The van der Waals surface area contributed by atoms with Crippen LogP contribution in [0, 0.1) is 6.92 Å². The maximum absolute atomic E-state index is 12.4. The Labute approximate surface area is 160 Å². The summed E-state index contributed by atoms with van der Waals surface area (Å²) < 4.78 is 10.6. The summed E-state index contributed by atoms with van der Waals surface area (Å²) in [6, 6.07) is 10.7. The largest absolute Gasteiger partial charge is 0.454 e. The molecule has 0 fully saturated rings. The molecule has 0 aliphatic carbocycles. The summed E-state index contributed by atoms with van der Waals surface area (Å²) in [5.41, 5.74) is 2.53. The summed E-state index contributed by atoms with van der Waals surface area (Å²) in [5, 5.41) is 6.52. The van der Waals surface area contributed by atoms with E-state index < -0.39 is 0 Å². The van der Waals surface area contributed by atoms with Gasteiger partial charge in [-0.15, -0.1) is 0 Å². The highest BCUT2D eigenvalue weighted by atomic mass is 35.5. The third-order valence-electron chi connectivity index (χ3n) is 3.97. The maximum Gasteiger partial charge on any atom is 0.275 e. The quantitative estimate of drug-likeness (QED) is 0.704. The van der Waals surface area contributed by atoms with E-state index in [4.69, 9.17) is 21.1 Å². The second-order valence-electron chi connectivity index (χ2n) is 5.89. The van der Waals surface area contributed by atoms with E-state index in [0.717, 1.165) is 11.3 Å². The van der Waals surface area contributed by atoms with Crippen LogP contribution < -0.4 is 20.1 Å². The minimum atomic E-state index is -0.345. The zero-order chi connectivity index (χ0) is 18.8. The van der Waals surface area contributed by atoms with Crippen LogP contribution in [0.15, 0.2) is 48.8 Å². The number of aromatic nitrogens is 2. The Kier molecular flexibility index (Phi) is 4.52. The van der Waals surface area contributed by atoms with Crippen LogP contribution in [-0.4, -0.2) is 22.7 Å². The highest BCUT2D eigenvalue weighted by molar-refractivity contribution is 6.30. The van der Waals surface area contributed by atoms with Crippen LogP contribution in [-0.2, 0) is 0 Å². The molecule has 1 aliphatic rings. The zero-order valence-corrected chi connectivity index (χ0v) is 15.1. The lowest BCUT2D eigenvalue weighted by Gasteiger charge is -2.09. The molecular formula is C19H15ClN4O3. The van der Waals surface area contributed by atoms with E-state index in [-0.39, 0.29) is 18.4 Å². The van der Waals surface area contributed by atoms with Crippen LogP contribution in [0.5, 0.6) is 11.5 Å². The van der Waals surface area contributed by atoms with E-state index in [2.05, 4.69) is 20.6 Å². The van der Waals surface area contributed by atoms with Crippen LogP contribution in [0.3, 0.4) is 0 Å². The Hall–Kier alpha value is -3.32. The standard InChI is InChI=1S/C19H15ClN4O3/c1-11-6-12(20)2-4-14(11)24-19(25)15-8-22-18(9-21-15)23-13-3-5-16-17(7-13)27-10-26-16/h2-9H,10H2,1H3,(H,22,23)(H,24,25). The summed E-state index contributed by atoms with van der Waals surface area (Å²) in [4.78, 5) is 20.8. The fraction of sp³-hybridized carbons (Fsp3) is 0.105. The molecule has 1 amide bonds. The van der Waals surface area contributed by atoms with E-state index in [9.17, 15) is 4.79 Å². The normalized spacial score (nSPS) is 11.9. The lowest BCUT2D eigenvalue weighted by Crippen LogP contribution is -2.15. The van der Waals surface area contributed by atoms with E-state index >= 15 is 0 Å². The molecule has 8 heteroatoms. The molecular weight excluding hydrogens is 368 g/mol. The van der Waals surface area contributed by atoms with Gasteiger partial charge in [-0.3, -0.25) is 4.79 Å². The molecule has 0 unspecified atom stereocenters. The van der Waals surface area contributed by atoms with Crippen molar-refractivity contribution in [2.24, 2.45) is 0 Å². The van der Waals surface area contributed by atoms with Crippen LogP contribution >= 0.6 is 11.6 Å². The van der Waals surface area contributed by atoms with Gasteiger partial charge in [-0.25, -0.2) is 9.97 Å². The number of ether oxygens (including phenoxy) is 2. The van der Waals surface area contributed by atoms with Crippen molar-refractivity contribution in [1.82, 2.24) is 9.97 Å². The third kappa shape index (κ3) is 3.78. The molecule has 1 aliphatic heterocycles. The van der Waals surface area contributed by atoms with Gasteiger partial charge in [0.2, 0.25) is 6.79 Å². The highest BCUT2D eigenvalue weighted by Gasteiger charge is 2.14. The van der Waals surface area contributed by atoms with Gasteiger partial charge in [-0.05, 0) is 42.8 Å². The second kappa shape index (κ2) is 7.13. The average molecular weight is 383 g/mol. The maximum atomic E-state index is 12.4. The fourth-order valence-electron chi connectivity index (χ4n) is 2.59. The zero-order valence-electron chi connectivity index (χ0n) is 14.3. The fourth-order valence-corrected chi connectivity index (χ4v) is 2.81. The number of hydrogen-bond acceptors (Lipinski definition) is 6. The van der Waals surface area contributed by atoms with Crippen molar-refractivity contribution in [3.63, 3.8) is 0 Å². The van der Waals surface area contributed by atoms with Crippen molar-refractivity contribution in [3.05, 3.63) is 65.1 Å². The summed E-state index contributed by atoms with van der Waals surface area (Å²) in [6.07, 6.45) is 2.91. The Morgan fingerprint density at radius 2 is 1.93 bits per heavy atom. The summed E-state index contributed by atoms with van der Waals surface area (Å²) in [6.45, 7) is 2.08. The molecule has 3 aromatic rings. The first-order valence-electron chi connectivity index (χ1n) is 8.15. The molecule has 2 aromatic carbocycles. The molecule has 0 saturated heterocycles. The average Bonchev–Trinajstić information content (AvgIpc) is 3.12. The van der Waals surface area contributed by atoms with Crippen LogP contribution in [0.25, 0.3) is 0 Å². The number of nitrogens with zero attached hydrogens (tertiary/aromatic N) is 2. The van der Waals surface area contributed by atoms with Gasteiger partial charge in [0.25, 0.3) is 5.91 Å². The first kappa shape index (κ1) is 17.1. The van der Waals surface area contributed by atoms with E-state index in [0.29, 0.717) is 28.0 Å². The molecule has 27 heavy (non-hydrogen) atoms. The smallest absolute Gasteiger partial charge is 0.275 e. The lowest BCUT2D eigenvalue weighted by atomic mass is 10.2. The van der Waals surface area contributed by atoms with Crippen molar-refractivity contribution < 1.29 is 14.3 Å². The minimum absolute atomic E-state index is 0.209. The van der Waals surface area contributed by atoms with E-state index in [1.807, 2.05) is 25.1 Å². The number of anilines is 3. The lowest BCUT2D eigenvalue weighted by molar-refractivity contribution is 0.102. The monoisotopic (exact) mass is 382 g/mol. The second-order valence-corrected chi connectivity index (χ2v) is 6.33. The number of benzene rings is 2. The Bertz CT molecular complexity index is 1010. The van der Waals surface area contributed by atoms with Crippen molar-refractivity contribution in [2.75, 3.05) is 17.4 Å². The predicted octanol–water partition coefficient (Wildman–Crippen LogP) is 4.16. The van der Waals surface area contributed by atoms with Crippen LogP contribution in [0.4, 0.5) is 17.2 Å². The molecule has 136 valence electrons. The van der Waals surface area contributed by atoms with Crippen molar-refractivity contribution in [2.45, 2.75) is 6.92 Å². The Morgan fingerprint density at radius 3 is 2.70 bits per heavy atom. The Balaban J connectivity index is 1.44. The molecule has 0 atom stereocenters. The van der Waals surface area contributed by atoms with Gasteiger partial charge in [0.1, 0.15) is 11.5 Å². The summed E-state index contributed by atoms with van der Waals surface area (Å²) in [5.74, 6) is 1.54. The van der Waals surface area contributed by atoms with Gasteiger partial charge in [0.05, 0.1) is 12.4 Å². The minimum Gasteiger partial charge on any atom is -0.454 e. The van der Waals surface area contributed by atoms with Crippen molar-refractivity contribution in [3.8, 4) is 11.5 Å². The first-order valence-corrected chi connectivity index (χ1v) is 8.52. The van der Waals surface area contributed by atoms with Gasteiger partial charge in [-0.1, -0.05) is 11.6 Å². The molecule has 7 nitrogen and oxygen atoms in total. The number of rotatable bonds is 4. The highest BCUT2D eigenvalue weighted by Crippen LogP contribution is 2.34. The number of amides is 1. The summed E-state index contributed by atoms with van der Waals surface area (Å²) in [7, 11) is 0. The predicted molar refractivity (Wildman–Crippen MR) is 102 cm³/mol. The van der Waals surface area contributed by atoms with Gasteiger partial charge in [0, 0.05) is 22.5 Å². The van der Waals surface area contributed by atoms with Gasteiger partial charge < -0.3 is 20.1 Å². The number of aryl methyl sites for hydroxylation is 1. The Morgan fingerprint density at radius 1 is 1.07 bits per heavy atom. The third-order valence-corrected chi connectivity index (χ3v) is 4.20. The SMILES string of the molecule is Cc1cc(Cl)ccc1NC(=O)c1cnc(Nc2ccc3c(c2)OCO3)cn1. The van der Waals surface area contributed by atoms with E-state index in [1.54, 1.807) is 18.2 Å². The number of halogens is 1. The molecule has 0 saturated carbocycles. The van der Waals surface area contributed by atoms with Crippen molar-refractivity contribution >= 4 is 34.7 Å². The molecule has 2 N–H and O–H groups in total. The molecule has 2 heterocycles. The number of carbonyl (C=O) groups excluding carboxylic acids is 1. The van der Waals surface area contributed by atoms with Gasteiger partial charge >= 0.3 is 0 Å². The number of carbonyl (C=O) groups is 1. The summed E-state index contributed by atoms with van der Waals surface area (Å²) >= 11 is 5.93. The molecule has 0 spiro atoms. The molecule has 4 rings (SSSR count). The van der Waals surface area contributed by atoms with Gasteiger partial charge in [0.15, 0.2) is 11.5 Å². The van der Waals surface area contributed by atoms with Crippen LogP contribution in [0.1, 0.15) is 16.1 Å². The van der Waals surface area contributed by atoms with E-state index in [1.165, 1.54) is 12.4 Å². The number of hydrogen-bond donors (Lipinski definition) is 2. The number of nitrogens with one attached hydrogen (secondary N) is 2. The first-order chi connectivity index (χ1) is 13.1. The topological polar surface area (TPSA) is 85.4 Å². The molecule has 0 radical (unpaired) electrons. The van der Waals surface area contributed by atoms with Crippen molar-refractivity contribution in [1.29, 1.82) is 0 Å². The molecule has 0 bridgehead atoms. The number of fused-ring (bicyclic) bond motifs is 1. The van der Waals surface area contributed by atoms with Gasteiger partial charge in [-0.2, -0.15) is 0 Å². The van der Waals surface area contributed by atoms with Crippen LogP contribution in [0.2, 0.25) is 5.02 Å². The molecule has 1 aromatic heterocycles.